The monoisotopic (exact) mass is 281 g/mol. The molecule has 5 heteroatoms. The fraction of sp³-hybridized carbons (Fsp3) is 0.333. The van der Waals surface area contributed by atoms with Gasteiger partial charge in [0.15, 0.2) is 5.60 Å². The third-order valence-electron chi connectivity index (χ3n) is 3.77. The first-order valence-electron chi connectivity index (χ1n) is 6.37. The first kappa shape index (κ1) is 13.4. The van der Waals surface area contributed by atoms with Gasteiger partial charge in [-0.05, 0) is 16.3 Å². The molecule has 3 rings (SSSR count). The van der Waals surface area contributed by atoms with E-state index in [0.29, 0.717) is 6.54 Å². The third-order valence-corrected chi connectivity index (χ3v) is 3.77. The molecule has 106 valence electrons. The Morgan fingerprint density at radius 2 is 1.70 bits per heavy atom. The lowest BCUT2D eigenvalue weighted by Crippen LogP contribution is -2.68. The lowest BCUT2D eigenvalue weighted by atomic mass is 9.92. The van der Waals surface area contributed by atoms with Crippen LogP contribution in [0.3, 0.4) is 0 Å². The summed E-state index contributed by atoms with van der Waals surface area (Å²) in [7, 11) is 0. The minimum atomic E-state index is -4.55. The topological polar surface area (TPSA) is 23.5 Å². The van der Waals surface area contributed by atoms with Gasteiger partial charge in [-0.25, -0.2) is 0 Å². The molecule has 1 heterocycles. The highest BCUT2D eigenvalue weighted by Gasteiger charge is 2.60. The Hall–Kier alpha value is -1.59. The molecule has 20 heavy (non-hydrogen) atoms. The van der Waals surface area contributed by atoms with Gasteiger partial charge in [-0.1, -0.05) is 42.5 Å². The van der Waals surface area contributed by atoms with Crippen LogP contribution in [0.1, 0.15) is 5.56 Å². The molecule has 1 fully saturated rings. The van der Waals surface area contributed by atoms with Gasteiger partial charge in [-0.15, -0.1) is 0 Å². The van der Waals surface area contributed by atoms with Crippen molar-refractivity contribution < 1.29 is 18.3 Å². The van der Waals surface area contributed by atoms with E-state index < -0.39 is 11.8 Å². The fourth-order valence-corrected chi connectivity index (χ4v) is 2.66. The Bertz CT molecular complexity index is 627. The smallest absolute Gasteiger partial charge is 0.378 e. The van der Waals surface area contributed by atoms with Crippen LogP contribution in [0, 0.1) is 0 Å². The second kappa shape index (κ2) is 4.46. The molecule has 0 amide bonds. The van der Waals surface area contributed by atoms with E-state index in [4.69, 9.17) is 0 Å². The number of benzene rings is 2. The number of rotatable bonds is 2. The van der Waals surface area contributed by atoms with Crippen LogP contribution in [0.4, 0.5) is 13.2 Å². The summed E-state index contributed by atoms with van der Waals surface area (Å²) in [6.45, 7) is -0.306. The minimum absolute atomic E-state index is 0.361. The SMILES string of the molecule is OC1(C(F)(F)F)CN(Cc2cccc3ccccc23)C1. The van der Waals surface area contributed by atoms with E-state index in [9.17, 15) is 18.3 Å². The molecule has 0 aromatic heterocycles. The molecule has 0 bridgehead atoms. The summed E-state index contributed by atoms with van der Waals surface area (Å²) < 4.78 is 37.7. The average molecular weight is 281 g/mol. The third kappa shape index (κ3) is 2.17. The van der Waals surface area contributed by atoms with Crippen molar-refractivity contribution in [1.82, 2.24) is 4.90 Å². The Labute approximate surface area is 114 Å². The zero-order valence-corrected chi connectivity index (χ0v) is 10.7. The molecule has 0 saturated carbocycles. The quantitative estimate of drug-likeness (QED) is 0.915. The Balaban J connectivity index is 1.77. The normalized spacial score (nSPS) is 19.0. The summed E-state index contributed by atoms with van der Waals surface area (Å²) in [5.41, 5.74) is -1.57. The van der Waals surface area contributed by atoms with Crippen LogP contribution >= 0.6 is 0 Å². The van der Waals surface area contributed by atoms with Gasteiger partial charge in [-0.3, -0.25) is 4.90 Å². The van der Waals surface area contributed by atoms with Crippen molar-refractivity contribution in [3.63, 3.8) is 0 Å². The maximum Gasteiger partial charge on any atom is 0.419 e. The highest BCUT2D eigenvalue weighted by molar-refractivity contribution is 5.85. The van der Waals surface area contributed by atoms with E-state index >= 15 is 0 Å². The van der Waals surface area contributed by atoms with Crippen LogP contribution in [0.15, 0.2) is 42.5 Å². The van der Waals surface area contributed by atoms with E-state index in [1.807, 2.05) is 42.5 Å². The molecule has 2 aromatic rings. The van der Waals surface area contributed by atoms with Crippen LogP contribution in [0.25, 0.3) is 10.8 Å². The predicted octanol–water partition coefficient (Wildman–Crippen LogP) is 2.95. The molecule has 2 aromatic carbocycles. The van der Waals surface area contributed by atoms with Crippen LogP contribution in [-0.4, -0.2) is 34.9 Å². The van der Waals surface area contributed by atoms with Crippen LogP contribution in [0.5, 0.6) is 0 Å². The van der Waals surface area contributed by atoms with Gasteiger partial charge >= 0.3 is 6.18 Å². The molecule has 0 spiro atoms. The summed E-state index contributed by atoms with van der Waals surface area (Å²) in [5, 5.41) is 11.5. The number of halogens is 3. The standard InChI is InChI=1S/C15H14F3NO/c16-15(17,18)14(20)9-19(10-14)8-12-6-3-5-11-4-1-2-7-13(11)12/h1-7,20H,8-10H2. The lowest BCUT2D eigenvalue weighted by Gasteiger charge is -2.47. The van der Waals surface area contributed by atoms with Gasteiger partial charge in [0, 0.05) is 19.6 Å². The first-order chi connectivity index (χ1) is 9.39. The van der Waals surface area contributed by atoms with E-state index in [-0.39, 0.29) is 13.1 Å². The lowest BCUT2D eigenvalue weighted by molar-refractivity contribution is -0.302. The predicted molar refractivity (Wildman–Crippen MR) is 70.2 cm³/mol. The summed E-state index contributed by atoms with van der Waals surface area (Å²) in [4.78, 5) is 1.61. The maximum atomic E-state index is 12.6. The molecule has 0 atom stereocenters. The number of fused-ring (bicyclic) bond motifs is 1. The molecular weight excluding hydrogens is 267 g/mol. The summed E-state index contributed by atoms with van der Waals surface area (Å²) in [5.74, 6) is 0. The molecule has 1 aliphatic rings. The van der Waals surface area contributed by atoms with E-state index in [2.05, 4.69) is 0 Å². The first-order valence-corrected chi connectivity index (χ1v) is 6.37. The van der Waals surface area contributed by atoms with E-state index in [1.165, 1.54) is 0 Å². The number of nitrogens with zero attached hydrogens (tertiary/aromatic N) is 1. The number of β-amino-alcohol motifs (C(OH)–C–C–N with tert-alkyl or cyclic N) is 1. The van der Waals surface area contributed by atoms with Crippen molar-refractivity contribution in [2.24, 2.45) is 0 Å². The second-order valence-electron chi connectivity index (χ2n) is 5.31. The van der Waals surface area contributed by atoms with Crippen LogP contribution in [0.2, 0.25) is 0 Å². The number of hydrogen-bond donors (Lipinski definition) is 1. The summed E-state index contributed by atoms with van der Waals surface area (Å²) in [6.07, 6.45) is -4.55. The van der Waals surface area contributed by atoms with Crippen molar-refractivity contribution in [3.05, 3.63) is 48.0 Å². The van der Waals surface area contributed by atoms with Gasteiger partial charge < -0.3 is 5.11 Å². The fourth-order valence-electron chi connectivity index (χ4n) is 2.66. The van der Waals surface area contributed by atoms with Crippen LogP contribution < -0.4 is 0 Å². The molecule has 0 unspecified atom stereocenters. The van der Waals surface area contributed by atoms with Crippen molar-refractivity contribution in [3.8, 4) is 0 Å². The molecule has 0 aliphatic carbocycles. The van der Waals surface area contributed by atoms with Gasteiger partial charge in [0.2, 0.25) is 0 Å². The molecular formula is C15H14F3NO. The maximum absolute atomic E-state index is 12.6. The average Bonchev–Trinajstić information content (AvgIpc) is 2.36. The van der Waals surface area contributed by atoms with Crippen molar-refractivity contribution in [2.45, 2.75) is 18.3 Å². The molecule has 1 saturated heterocycles. The molecule has 1 N–H and O–H groups in total. The van der Waals surface area contributed by atoms with Gasteiger partial charge in [-0.2, -0.15) is 13.2 Å². The number of hydrogen-bond acceptors (Lipinski definition) is 2. The van der Waals surface area contributed by atoms with Gasteiger partial charge in [0.05, 0.1) is 0 Å². The van der Waals surface area contributed by atoms with E-state index in [0.717, 1.165) is 16.3 Å². The number of alkyl halides is 3. The Kier molecular flexibility index (Phi) is 2.99. The van der Waals surface area contributed by atoms with Gasteiger partial charge in [0.25, 0.3) is 0 Å². The molecule has 0 radical (unpaired) electrons. The summed E-state index contributed by atoms with van der Waals surface area (Å²) in [6, 6.07) is 13.6. The minimum Gasteiger partial charge on any atom is -0.378 e. The highest BCUT2D eigenvalue weighted by atomic mass is 19.4. The summed E-state index contributed by atoms with van der Waals surface area (Å²) >= 11 is 0. The van der Waals surface area contributed by atoms with Crippen LogP contribution in [-0.2, 0) is 6.54 Å². The highest BCUT2D eigenvalue weighted by Crippen LogP contribution is 2.38. The molecule has 1 aliphatic heterocycles. The van der Waals surface area contributed by atoms with Gasteiger partial charge in [0.1, 0.15) is 0 Å². The Morgan fingerprint density at radius 3 is 2.40 bits per heavy atom. The molecule has 2 nitrogen and oxygen atoms in total. The number of aliphatic hydroxyl groups is 1. The zero-order chi connectivity index (χ0) is 14.4. The van der Waals surface area contributed by atoms with Crippen molar-refractivity contribution in [2.75, 3.05) is 13.1 Å². The van der Waals surface area contributed by atoms with Crippen molar-refractivity contribution in [1.29, 1.82) is 0 Å². The zero-order valence-electron chi connectivity index (χ0n) is 10.7. The second-order valence-corrected chi connectivity index (χ2v) is 5.31. The van der Waals surface area contributed by atoms with Crippen molar-refractivity contribution >= 4 is 10.8 Å². The van der Waals surface area contributed by atoms with E-state index in [1.54, 1.807) is 4.90 Å². The number of likely N-dealkylation sites (tertiary alicyclic amines) is 1. The largest absolute Gasteiger partial charge is 0.419 e. The Morgan fingerprint density at radius 1 is 1.05 bits per heavy atom.